The topological polar surface area (TPSA) is 74.3 Å². The predicted molar refractivity (Wildman–Crippen MR) is 142 cm³/mol. The molecule has 7 heteroatoms. The molecule has 2 aromatic rings. The van der Waals surface area contributed by atoms with Crippen molar-refractivity contribution in [2.75, 3.05) is 19.8 Å². The molecule has 1 aliphatic rings. The van der Waals surface area contributed by atoms with Crippen molar-refractivity contribution in [3.63, 3.8) is 0 Å². The zero-order chi connectivity index (χ0) is 26.7. The predicted octanol–water partition coefficient (Wildman–Crippen LogP) is 5.76. The van der Waals surface area contributed by atoms with E-state index in [2.05, 4.69) is 0 Å². The van der Waals surface area contributed by atoms with Crippen LogP contribution in [-0.4, -0.2) is 54.5 Å². The summed E-state index contributed by atoms with van der Waals surface area (Å²) >= 11 is 0. The first-order chi connectivity index (χ1) is 17.7. The largest absolute Gasteiger partial charge is 0.466 e. The lowest BCUT2D eigenvalue weighted by Crippen LogP contribution is -2.55. The molecule has 37 heavy (non-hydrogen) atoms. The maximum absolute atomic E-state index is 13.2. The van der Waals surface area contributed by atoms with Crippen LogP contribution >= 0.6 is 0 Å². The molecule has 0 aliphatic carbocycles. The van der Waals surface area contributed by atoms with E-state index >= 15 is 0 Å². The van der Waals surface area contributed by atoms with Crippen molar-refractivity contribution in [2.24, 2.45) is 5.92 Å². The third kappa shape index (κ3) is 9.82. The first-order valence-electron chi connectivity index (χ1n) is 13.2. The summed E-state index contributed by atoms with van der Waals surface area (Å²) in [6.45, 7) is 9.36. The minimum atomic E-state index is -0.617. The van der Waals surface area contributed by atoms with Crippen molar-refractivity contribution < 1.29 is 28.5 Å². The van der Waals surface area contributed by atoms with Crippen molar-refractivity contribution in [2.45, 2.75) is 77.9 Å². The Kier molecular flexibility index (Phi) is 11.0. The molecule has 0 saturated carbocycles. The number of hydrogen-bond acceptors (Lipinski definition) is 6. The van der Waals surface area contributed by atoms with Gasteiger partial charge in [-0.3, -0.25) is 4.79 Å². The average molecular weight is 512 g/mol. The molecule has 3 rings (SSSR count). The Labute approximate surface area is 221 Å². The summed E-state index contributed by atoms with van der Waals surface area (Å²) in [6.07, 6.45) is 0.852. The van der Waals surface area contributed by atoms with E-state index in [1.165, 1.54) is 0 Å². The zero-order valence-electron chi connectivity index (χ0n) is 22.6. The lowest BCUT2D eigenvalue weighted by Gasteiger charge is -2.43. The number of carbonyl (C=O) groups excluding carboxylic acids is 2. The summed E-state index contributed by atoms with van der Waals surface area (Å²) in [5.74, 6) is -0.126. The number of likely N-dealkylation sites (tertiary alicyclic amines) is 1. The van der Waals surface area contributed by atoms with E-state index in [-0.39, 0.29) is 24.0 Å². The molecule has 0 aromatic heterocycles. The average Bonchev–Trinajstić information content (AvgIpc) is 2.86. The minimum Gasteiger partial charge on any atom is -0.466 e. The van der Waals surface area contributed by atoms with Crippen molar-refractivity contribution in [1.82, 2.24) is 4.90 Å². The van der Waals surface area contributed by atoms with Gasteiger partial charge in [-0.1, -0.05) is 60.7 Å². The number of piperidine rings is 1. The third-order valence-electron chi connectivity index (χ3n) is 6.27. The Balaban J connectivity index is 1.79. The van der Waals surface area contributed by atoms with Gasteiger partial charge in [0.2, 0.25) is 0 Å². The van der Waals surface area contributed by atoms with E-state index in [4.69, 9.17) is 18.9 Å². The quantitative estimate of drug-likeness (QED) is 0.357. The highest BCUT2D eigenvalue weighted by Crippen LogP contribution is 2.31. The number of esters is 1. The molecule has 202 valence electrons. The fraction of sp³-hybridized carbons (Fsp3) is 0.533. The molecule has 7 nitrogen and oxygen atoms in total. The molecule has 1 amide bonds. The van der Waals surface area contributed by atoms with Crippen LogP contribution in [0.4, 0.5) is 4.79 Å². The standard InChI is InChI=1S/C30H41NO6/c1-5-35-28(32)19-25-16-17-31(29(33)37-30(2,3)4)26(18-25)27(36-21-24-14-10-7-11-15-24)22-34-20-23-12-8-6-9-13-23/h6-15,25-27H,5,16-22H2,1-4H3/t25?,26-,27-/m1/s1. The molecule has 0 N–H and O–H groups in total. The van der Waals surface area contributed by atoms with Crippen molar-refractivity contribution >= 4 is 12.1 Å². The fourth-order valence-corrected chi connectivity index (χ4v) is 4.53. The van der Waals surface area contributed by atoms with Gasteiger partial charge in [-0.25, -0.2) is 4.79 Å². The van der Waals surface area contributed by atoms with E-state index in [1.54, 1.807) is 4.90 Å². The number of benzene rings is 2. The highest BCUT2D eigenvalue weighted by Gasteiger charge is 2.40. The van der Waals surface area contributed by atoms with Crippen LogP contribution in [-0.2, 0) is 37.0 Å². The summed E-state index contributed by atoms with van der Waals surface area (Å²) < 4.78 is 23.5. The summed E-state index contributed by atoms with van der Waals surface area (Å²) in [5.41, 5.74) is 1.49. The second kappa shape index (κ2) is 14.1. The third-order valence-corrected chi connectivity index (χ3v) is 6.27. The van der Waals surface area contributed by atoms with Crippen LogP contribution in [0.3, 0.4) is 0 Å². The van der Waals surface area contributed by atoms with Gasteiger partial charge in [0, 0.05) is 13.0 Å². The number of amides is 1. The number of ether oxygens (including phenoxy) is 4. The number of hydrogen-bond donors (Lipinski definition) is 0. The first kappa shape index (κ1) is 28.7. The Morgan fingerprint density at radius 2 is 1.59 bits per heavy atom. The molecule has 0 spiro atoms. The van der Waals surface area contributed by atoms with E-state index in [1.807, 2.05) is 88.4 Å². The molecular formula is C30H41NO6. The van der Waals surface area contributed by atoms with Crippen LogP contribution in [0.25, 0.3) is 0 Å². The number of carbonyl (C=O) groups is 2. The normalized spacial score (nSPS) is 18.8. The molecular weight excluding hydrogens is 470 g/mol. The maximum Gasteiger partial charge on any atom is 0.410 e. The molecule has 1 unspecified atom stereocenters. The van der Waals surface area contributed by atoms with Gasteiger partial charge < -0.3 is 23.8 Å². The Morgan fingerprint density at radius 3 is 2.19 bits per heavy atom. The highest BCUT2D eigenvalue weighted by molar-refractivity contribution is 5.70. The smallest absolute Gasteiger partial charge is 0.410 e. The number of rotatable bonds is 11. The van der Waals surface area contributed by atoms with Crippen LogP contribution in [0.1, 0.15) is 58.1 Å². The van der Waals surface area contributed by atoms with Gasteiger partial charge in [0.1, 0.15) is 11.7 Å². The van der Waals surface area contributed by atoms with Gasteiger partial charge >= 0.3 is 12.1 Å². The van der Waals surface area contributed by atoms with Crippen molar-refractivity contribution in [1.29, 1.82) is 0 Å². The molecule has 0 bridgehead atoms. The van der Waals surface area contributed by atoms with E-state index < -0.39 is 11.7 Å². The van der Waals surface area contributed by atoms with Crippen molar-refractivity contribution in [3.8, 4) is 0 Å². The molecule has 3 atom stereocenters. The van der Waals surface area contributed by atoms with Gasteiger partial charge in [-0.15, -0.1) is 0 Å². The monoisotopic (exact) mass is 511 g/mol. The van der Waals surface area contributed by atoms with Crippen LogP contribution in [0.2, 0.25) is 0 Å². The Hall–Kier alpha value is -2.90. The second-order valence-electron chi connectivity index (χ2n) is 10.5. The van der Waals surface area contributed by atoms with Gasteiger partial charge in [0.05, 0.1) is 32.5 Å². The lowest BCUT2D eigenvalue weighted by atomic mass is 9.86. The molecule has 1 aliphatic heterocycles. The van der Waals surface area contributed by atoms with Gasteiger partial charge in [0.15, 0.2) is 0 Å². The van der Waals surface area contributed by atoms with Crippen LogP contribution in [0.15, 0.2) is 60.7 Å². The molecule has 1 heterocycles. The van der Waals surface area contributed by atoms with E-state index in [0.717, 1.165) is 11.1 Å². The van der Waals surface area contributed by atoms with Gasteiger partial charge in [0.25, 0.3) is 0 Å². The first-order valence-corrected chi connectivity index (χ1v) is 13.2. The summed E-state index contributed by atoms with van der Waals surface area (Å²) in [4.78, 5) is 27.3. The van der Waals surface area contributed by atoms with Crippen LogP contribution in [0.5, 0.6) is 0 Å². The second-order valence-corrected chi connectivity index (χ2v) is 10.5. The summed E-state index contributed by atoms with van der Waals surface area (Å²) in [7, 11) is 0. The van der Waals surface area contributed by atoms with Gasteiger partial charge in [-0.05, 0) is 57.6 Å². The van der Waals surface area contributed by atoms with E-state index in [0.29, 0.717) is 52.2 Å². The zero-order valence-corrected chi connectivity index (χ0v) is 22.6. The lowest BCUT2D eigenvalue weighted by molar-refractivity contribution is -0.145. The maximum atomic E-state index is 13.2. The number of nitrogens with zero attached hydrogens (tertiary/aromatic N) is 1. The molecule has 0 radical (unpaired) electrons. The Morgan fingerprint density at radius 1 is 0.973 bits per heavy atom. The minimum absolute atomic E-state index is 0.0830. The Bertz CT molecular complexity index is 959. The highest BCUT2D eigenvalue weighted by atomic mass is 16.6. The van der Waals surface area contributed by atoms with Gasteiger partial charge in [-0.2, -0.15) is 0 Å². The molecule has 2 aromatic carbocycles. The summed E-state index contributed by atoms with van der Waals surface area (Å²) in [5, 5.41) is 0. The van der Waals surface area contributed by atoms with E-state index in [9.17, 15) is 9.59 Å². The summed E-state index contributed by atoms with van der Waals surface area (Å²) in [6, 6.07) is 19.6. The fourth-order valence-electron chi connectivity index (χ4n) is 4.53. The molecule has 1 fully saturated rings. The SMILES string of the molecule is CCOC(=O)CC1CCN(C(=O)OC(C)(C)C)[C@@H]([C@@H](COCc2ccccc2)OCc2ccccc2)C1. The molecule has 1 saturated heterocycles. The van der Waals surface area contributed by atoms with Crippen molar-refractivity contribution in [3.05, 3.63) is 71.8 Å². The van der Waals surface area contributed by atoms with Crippen LogP contribution < -0.4 is 0 Å². The van der Waals surface area contributed by atoms with Crippen LogP contribution in [0, 0.1) is 5.92 Å².